The van der Waals surface area contributed by atoms with Gasteiger partial charge in [0, 0.05) is 29.8 Å². The topological polar surface area (TPSA) is 113 Å². The second-order valence-corrected chi connectivity index (χ2v) is 10.3. The third-order valence-electron chi connectivity index (χ3n) is 4.27. The van der Waals surface area contributed by atoms with E-state index in [1.807, 2.05) is 20.8 Å². The summed E-state index contributed by atoms with van der Waals surface area (Å²) in [4.78, 5) is 38.4. The summed E-state index contributed by atoms with van der Waals surface area (Å²) in [5.74, 6) is -1.10. The van der Waals surface area contributed by atoms with Gasteiger partial charge in [0.05, 0.1) is 11.5 Å². The molecule has 0 spiro atoms. The molecular formula is C19H27N3O5S. The molecule has 0 aromatic heterocycles. The number of benzene rings is 1. The van der Waals surface area contributed by atoms with E-state index < -0.39 is 21.8 Å². The van der Waals surface area contributed by atoms with Crippen LogP contribution in [-0.2, 0) is 14.6 Å². The van der Waals surface area contributed by atoms with Gasteiger partial charge in [-0.2, -0.15) is 0 Å². The first kappa shape index (κ1) is 21.9. The molecule has 0 radical (unpaired) electrons. The average Bonchev–Trinajstić information content (AvgIpc) is 2.59. The minimum atomic E-state index is -3.08. The summed E-state index contributed by atoms with van der Waals surface area (Å²) >= 11 is 0. The summed E-state index contributed by atoms with van der Waals surface area (Å²) < 4.78 is 22.9. The van der Waals surface area contributed by atoms with E-state index in [0.717, 1.165) is 0 Å². The first-order chi connectivity index (χ1) is 12.9. The van der Waals surface area contributed by atoms with Crippen molar-refractivity contribution in [2.45, 2.75) is 39.3 Å². The zero-order valence-electron chi connectivity index (χ0n) is 16.6. The average molecular weight is 410 g/mol. The Labute approximate surface area is 165 Å². The molecule has 1 unspecified atom stereocenters. The second-order valence-electron chi connectivity index (χ2n) is 7.95. The minimum absolute atomic E-state index is 0.0580. The van der Waals surface area contributed by atoms with E-state index in [4.69, 9.17) is 0 Å². The van der Waals surface area contributed by atoms with Crippen LogP contribution in [0.2, 0.25) is 0 Å². The van der Waals surface area contributed by atoms with Crippen molar-refractivity contribution in [2.75, 3.05) is 24.6 Å². The maximum absolute atomic E-state index is 12.4. The summed E-state index contributed by atoms with van der Waals surface area (Å²) in [5.41, 5.74) is 0.398. The number of rotatable bonds is 4. The van der Waals surface area contributed by atoms with Gasteiger partial charge in [0.25, 0.3) is 11.8 Å². The summed E-state index contributed by atoms with van der Waals surface area (Å²) in [7, 11) is -3.08. The van der Waals surface area contributed by atoms with Crippen molar-refractivity contribution < 1.29 is 22.8 Å². The number of sulfone groups is 1. The molecule has 154 valence electrons. The molecule has 9 heteroatoms. The molecule has 1 aromatic rings. The highest BCUT2D eigenvalue weighted by Crippen LogP contribution is 2.09. The Kier molecular flexibility index (Phi) is 6.48. The van der Waals surface area contributed by atoms with Crippen LogP contribution in [0, 0.1) is 0 Å². The van der Waals surface area contributed by atoms with E-state index in [-0.39, 0.29) is 41.9 Å². The molecule has 0 bridgehead atoms. The molecule has 2 rings (SSSR count). The fourth-order valence-corrected chi connectivity index (χ4v) is 3.94. The van der Waals surface area contributed by atoms with Gasteiger partial charge >= 0.3 is 0 Å². The molecule has 1 heterocycles. The fraction of sp³-hybridized carbons (Fsp3) is 0.526. The highest BCUT2D eigenvalue weighted by atomic mass is 32.2. The largest absolute Gasteiger partial charge is 0.347 e. The highest BCUT2D eigenvalue weighted by molar-refractivity contribution is 7.91. The molecule has 1 aromatic carbocycles. The van der Waals surface area contributed by atoms with Crippen molar-refractivity contribution in [3.63, 3.8) is 0 Å². The van der Waals surface area contributed by atoms with Gasteiger partial charge in [-0.05, 0) is 52.0 Å². The zero-order chi connectivity index (χ0) is 21.1. The van der Waals surface area contributed by atoms with E-state index in [1.54, 1.807) is 19.1 Å². The third-order valence-corrected chi connectivity index (χ3v) is 5.88. The molecule has 28 heavy (non-hydrogen) atoms. The minimum Gasteiger partial charge on any atom is -0.347 e. The number of carbonyl (C=O) groups is 3. The Hall–Kier alpha value is -2.42. The molecule has 0 saturated carbocycles. The monoisotopic (exact) mass is 409 g/mol. The van der Waals surface area contributed by atoms with Gasteiger partial charge in [-0.3, -0.25) is 14.4 Å². The summed E-state index contributed by atoms with van der Waals surface area (Å²) in [6, 6.07) is 5.38. The molecule has 2 N–H and O–H groups in total. The standard InChI is InChI=1S/C19H27N3O5S/c1-13(18(25)22-9-11-28(26,27)12-10-22)20-16(23)14-5-7-15(8-6-14)17(24)21-19(2,3)4/h5-8,13H,9-12H2,1-4H3,(H,20,23)(H,21,24). The third kappa shape index (κ3) is 6.05. The molecule has 1 atom stereocenters. The quantitative estimate of drug-likeness (QED) is 0.756. The van der Waals surface area contributed by atoms with Crippen LogP contribution in [0.25, 0.3) is 0 Å². The van der Waals surface area contributed by atoms with Crippen molar-refractivity contribution in [1.82, 2.24) is 15.5 Å². The Morgan fingerprint density at radius 2 is 1.43 bits per heavy atom. The molecule has 1 fully saturated rings. The van der Waals surface area contributed by atoms with Crippen LogP contribution in [0.1, 0.15) is 48.4 Å². The molecule has 3 amide bonds. The van der Waals surface area contributed by atoms with Crippen molar-refractivity contribution in [3.8, 4) is 0 Å². The first-order valence-corrected chi connectivity index (χ1v) is 10.9. The second kappa shape index (κ2) is 8.30. The molecule has 8 nitrogen and oxygen atoms in total. The van der Waals surface area contributed by atoms with Gasteiger partial charge in [-0.15, -0.1) is 0 Å². The van der Waals surface area contributed by atoms with Crippen molar-refractivity contribution in [3.05, 3.63) is 35.4 Å². The number of hydrogen-bond donors (Lipinski definition) is 2. The smallest absolute Gasteiger partial charge is 0.251 e. The molecule has 1 aliphatic heterocycles. The van der Waals surface area contributed by atoms with Gasteiger partial charge < -0.3 is 15.5 Å². The summed E-state index contributed by atoms with van der Waals surface area (Å²) in [6.07, 6.45) is 0. The van der Waals surface area contributed by atoms with Gasteiger partial charge in [-0.1, -0.05) is 0 Å². The lowest BCUT2D eigenvalue weighted by Crippen LogP contribution is -2.51. The summed E-state index contributed by atoms with van der Waals surface area (Å²) in [5, 5.41) is 5.46. The van der Waals surface area contributed by atoms with Crippen LogP contribution >= 0.6 is 0 Å². The number of nitrogens with zero attached hydrogens (tertiary/aromatic N) is 1. The highest BCUT2D eigenvalue weighted by Gasteiger charge is 2.28. The summed E-state index contributed by atoms with van der Waals surface area (Å²) in [6.45, 7) is 7.47. The predicted molar refractivity (Wildman–Crippen MR) is 106 cm³/mol. The van der Waals surface area contributed by atoms with Crippen LogP contribution in [0.5, 0.6) is 0 Å². The maximum atomic E-state index is 12.4. The normalized spacial score (nSPS) is 17.5. The van der Waals surface area contributed by atoms with Gasteiger partial charge in [0.15, 0.2) is 9.84 Å². The van der Waals surface area contributed by atoms with E-state index in [0.29, 0.717) is 11.1 Å². The van der Waals surface area contributed by atoms with E-state index >= 15 is 0 Å². The Morgan fingerprint density at radius 3 is 1.89 bits per heavy atom. The maximum Gasteiger partial charge on any atom is 0.251 e. The van der Waals surface area contributed by atoms with Gasteiger partial charge in [0.2, 0.25) is 5.91 Å². The van der Waals surface area contributed by atoms with Crippen LogP contribution in [-0.4, -0.2) is 67.2 Å². The van der Waals surface area contributed by atoms with E-state index in [9.17, 15) is 22.8 Å². The Bertz CT molecular complexity index is 843. The van der Waals surface area contributed by atoms with Crippen molar-refractivity contribution in [2.24, 2.45) is 0 Å². The van der Waals surface area contributed by atoms with Crippen molar-refractivity contribution >= 4 is 27.6 Å². The van der Waals surface area contributed by atoms with Gasteiger partial charge in [0.1, 0.15) is 6.04 Å². The number of amides is 3. The molecule has 0 aliphatic carbocycles. The van der Waals surface area contributed by atoms with Crippen LogP contribution in [0.15, 0.2) is 24.3 Å². The van der Waals surface area contributed by atoms with Crippen molar-refractivity contribution in [1.29, 1.82) is 0 Å². The van der Waals surface area contributed by atoms with E-state index in [2.05, 4.69) is 10.6 Å². The SMILES string of the molecule is CC(NC(=O)c1ccc(C(=O)NC(C)(C)C)cc1)C(=O)N1CCS(=O)(=O)CC1. The number of hydrogen-bond acceptors (Lipinski definition) is 5. The Morgan fingerprint density at radius 1 is 0.964 bits per heavy atom. The molecule has 1 aliphatic rings. The fourth-order valence-electron chi connectivity index (χ4n) is 2.73. The van der Waals surface area contributed by atoms with Crippen LogP contribution in [0.3, 0.4) is 0 Å². The lowest BCUT2D eigenvalue weighted by molar-refractivity contribution is -0.132. The molecule has 1 saturated heterocycles. The van der Waals surface area contributed by atoms with Gasteiger partial charge in [-0.25, -0.2) is 8.42 Å². The zero-order valence-corrected chi connectivity index (χ0v) is 17.4. The van der Waals surface area contributed by atoms with Crippen LogP contribution < -0.4 is 10.6 Å². The predicted octanol–water partition coefficient (Wildman–Crippen LogP) is 0.590. The molecular weight excluding hydrogens is 382 g/mol. The Balaban J connectivity index is 1.95. The first-order valence-electron chi connectivity index (χ1n) is 9.11. The lowest BCUT2D eigenvalue weighted by Gasteiger charge is -2.29. The number of carbonyl (C=O) groups excluding carboxylic acids is 3. The van der Waals surface area contributed by atoms with E-state index in [1.165, 1.54) is 17.0 Å². The van der Waals surface area contributed by atoms with Crippen LogP contribution in [0.4, 0.5) is 0 Å². The lowest BCUT2D eigenvalue weighted by atomic mass is 10.1. The number of nitrogens with one attached hydrogen (secondary N) is 2.